The average molecular weight is 517 g/mol. The molecule has 4 aromatic heterocycles. The molecule has 0 radical (unpaired) electrons. The van der Waals surface area contributed by atoms with Gasteiger partial charge in [-0.1, -0.05) is 0 Å². The molecule has 0 saturated carbocycles. The van der Waals surface area contributed by atoms with E-state index >= 15 is 0 Å². The molecule has 0 fully saturated rings. The van der Waals surface area contributed by atoms with Crippen molar-refractivity contribution in [1.82, 2.24) is 29.1 Å². The van der Waals surface area contributed by atoms with Gasteiger partial charge in [0.2, 0.25) is 11.8 Å². The van der Waals surface area contributed by atoms with Crippen molar-refractivity contribution in [2.75, 3.05) is 10.6 Å². The molecule has 2 N–H and O–H groups in total. The van der Waals surface area contributed by atoms with Gasteiger partial charge in [0, 0.05) is 60.2 Å². The van der Waals surface area contributed by atoms with E-state index in [1.807, 2.05) is 79.3 Å². The van der Waals surface area contributed by atoms with Gasteiger partial charge in [-0.05, 0) is 73.2 Å². The van der Waals surface area contributed by atoms with Crippen LogP contribution in [0.15, 0.2) is 91.7 Å². The van der Waals surface area contributed by atoms with Crippen molar-refractivity contribution >= 4 is 45.7 Å². The molecular formula is C29H24N8O2. The lowest BCUT2D eigenvalue weighted by atomic mass is 10.1. The first-order valence-corrected chi connectivity index (χ1v) is 12.2. The van der Waals surface area contributed by atoms with Crippen molar-refractivity contribution in [3.8, 4) is 11.6 Å². The summed E-state index contributed by atoms with van der Waals surface area (Å²) in [6, 6.07) is 18.8. The highest BCUT2D eigenvalue weighted by atomic mass is 16.5. The minimum Gasteiger partial charge on any atom is -0.437 e. The number of nitrogens with one attached hydrogen (secondary N) is 2. The molecule has 0 unspecified atom stereocenters. The number of aryl methyl sites for hydroxylation is 2. The normalized spacial score (nSPS) is 11.3. The predicted octanol–water partition coefficient (Wildman–Crippen LogP) is 5.51. The van der Waals surface area contributed by atoms with Crippen LogP contribution in [0.1, 0.15) is 11.3 Å². The van der Waals surface area contributed by atoms with E-state index in [9.17, 15) is 4.79 Å². The van der Waals surface area contributed by atoms with Gasteiger partial charge in [-0.25, -0.2) is 19.5 Å². The number of carbonyl (C=O) groups is 1. The zero-order valence-electron chi connectivity index (χ0n) is 21.2. The van der Waals surface area contributed by atoms with Crippen LogP contribution in [-0.4, -0.2) is 35.0 Å². The molecule has 10 nitrogen and oxygen atoms in total. The molecule has 2 aromatic carbocycles. The summed E-state index contributed by atoms with van der Waals surface area (Å²) in [5, 5.41) is 11.5. The highest BCUT2D eigenvalue weighted by molar-refractivity contribution is 6.03. The Morgan fingerprint density at radius 1 is 0.974 bits per heavy atom. The van der Waals surface area contributed by atoms with Gasteiger partial charge < -0.3 is 19.9 Å². The lowest BCUT2D eigenvalue weighted by Gasteiger charge is -2.13. The maximum absolute atomic E-state index is 12.5. The average Bonchev–Trinajstić information content (AvgIpc) is 3.57. The quantitative estimate of drug-likeness (QED) is 0.269. The minimum absolute atomic E-state index is 0.227. The van der Waals surface area contributed by atoms with Crippen molar-refractivity contribution in [1.29, 1.82) is 0 Å². The van der Waals surface area contributed by atoms with Crippen LogP contribution in [0.5, 0.6) is 11.6 Å². The Labute approximate surface area is 223 Å². The van der Waals surface area contributed by atoms with Gasteiger partial charge in [0.15, 0.2) is 5.65 Å². The molecule has 0 aliphatic carbocycles. The Morgan fingerprint density at radius 2 is 1.87 bits per heavy atom. The Hall–Kier alpha value is -5.51. The fourth-order valence-corrected chi connectivity index (χ4v) is 4.17. The minimum atomic E-state index is -0.227. The van der Waals surface area contributed by atoms with Gasteiger partial charge in [0.25, 0.3) is 0 Å². The van der Waals surface area contributed by atoms with Crippen LogP contribution in [-0.2, 0) is 11.8 Å². The van der Waals surface area contributed by atoms with Gasteiger partial charge in [0.05, 0.1) is 5.52 Å². The molecular weight excluding hydrogens is 492 g/mol. The van der Waals surface area contributed by atoms with Gasteiger partial charge in [0.1, 0.15) is 17.9 Å². The molecule has 10 heteroatoms. The summed E-state index contributed by atoms with van der Waals surface area (Å²) in [5.41, 5.74) is 4.83. The van der Waals surface area contributed by atoms with Crippen LogP contribution >= 0.6 is 0 Å². The molecule has 6 aromatic rings. The molecule has 1 amide bonds. The van der Waals surface area contributed by atoms with E-state index in [0.29, 0.717) is 23.1 Å². The maximum atomic E-state index is 12.5. The van der Waals surface area contributed by atoms with Crippen molar-refractivity contribution in [2.24, 2.45) is 7.05 Å². The van der Waals surface area contributed by atoms with Gasteiger partial charge >= 0.3 is 0 Å². The van der Waals surface area contributed by atoms with Crippen molar-refractivity contribution in [2.45, 2.75) is 6.92 Å². The SMILES string of the molecule is Cc1cc(Nc2ncnc3ccc(NC(=O)/C=C/c4cccn4C)cc23)ccc1Oc1ccc2nccn2n1. The summed E-state index contributed by atoms with van der Waals surface area (Å²) in [4.78, 5) is 25.5. The fraction of sp³-hybridized carbons (Fsp3) is 0.0690. The molecule has 0 saturated heterocycles. The maximum Gasteiger partial charge on any atom is 0.248 e. The standard InChI is InChI=1S/C29H24N8O2/c1-19-16-20(6-9-25(19)39-28-12-10-26-30-13-15-37(26)35-28)34-29-23-17-21(5-8-24(23)31-18-32-29)33-27(38)11-7-22-4-3-14-36(22)2/h3-18H,1-2H3,(H,33,38)(H,31,32,34)/b11-7+. The second-order valence-electron chi connectivity index (χ2n) is 8.93. The zero-order valence-corrected chi connectivity index (χ0v) is 21.2. The van der Waals surface area contributed by atoms with E-state index < -0.39 is 0 Å². The van der Waals surface area contributed by atoms with E-state index in [4.69, 9.17) is 4.74 Å². The summed E-state index contributed by atoms with van der Waals surface area (Å²) < 4.78 is 9.61. The molecule has 39 heavy (non-hydrogen) atoms. The summed E-state index contributed by atoms with van der Waals surface area (Å²) in [7, 11) is 1.93. The Bertz CT molecular complexity index is 1850. The third-order valence-corrected chi connectivity index (χ3v) is 6.18. The first-order chi connectivity index (χ1) is 19.0. The summed E-state index contributed by atoms with van der Waals surface area (Å²) in [6.45, 7) is 1.96. The molecule has 0 bridgehead atoms. The summed E-state index contributed by atoms with van der Waals surface area (Å²) >= 11 is 0. The topological polar surface area (TPSA) is 111 Å². The largest absolute Gasteiger partial charge is 0.437 e. The van der Waals surface area contributed by atoms with Gasteiger partial charge in [-0.15, -0.1) is 5.10 Å². The lowest BCUT2D eigenvalue weighted by molar-refractivity contribution is -0.111. The second-order valence-corrected chi connectivity index (χ2v) is 8.93. The Morgan fingerprint density at radius 3 is 2.72 bits per heavy atom. The predicted molar refractivity (Wildman–Crippen MR) is 150 cm³/mol. The van der Waals surface area contributed by atoms with Crippen LogP contribution in [0.3, 0.4) is 0 Å². The smallest absolute Gasteiger partial charge is 0.248 e. The van der Waals surface area contributed by atoms with Crippen LogP contribution in [0.4, 0.5) is 17.2 Å². The van der Waals surface area contributed by atoms with Crippen LogP contribution in [0.2, 0.25) is 0 Å². The summed E-state index contributed by atoms with van der Waals surface area (Å²) in [5.74, 6) is 1.55. The molecule has 192 valence electrons. The van der Waals surface area contributed by atoms with Crippen molar-refractivity contribution < 1.29 is 9.53 Å². The molecule has 0 aliphatic rings. The summed E-state index contributed by atoms with van der Waals surface area (Å²) in [6.07, 6.45) is 10.2. The number of ether oxygens (including phenoxy) is 1. The molecule has 0 aliphatic heterocycles. The third-order valence-electron chi connectivity index (χ3n) is 6.18. The van der Waals surface area contributed by atoms with Crippen LogP contribution in [0.25, 0.3) is 22.6 Å². The number of hydrogen-bond donors (Lipinski definition) is 2. The first-order valence-electron chi connectivity index (χ1n) is 12.2. The highest BCUT2D eigenvalue weighted by Gasteiger charge is 2.10. The zero-order chi connectivity index (χ0) is 26.8. The second kappa shape index (κ2) is 10.1. The van der Waals surface area contributed by atoms with E-state index in [-0.39, 0.29) is 5.91 Å². The number of aromatic nitrogens is 6. The number of fused-ring (bicyclic) bond motifs is 2. The molecule has 6 rings (SSSR count). The molecule has 0 atom stereocenters. The first kappa shape index (κ1) is 23.9. The Kier molecular flexibility index (Phi) is 6.18. The Balaban J connectivity index is 1.19. The highest BCUT2D eigenvalue weighted by Crippen LogP contribution is 2.30. The molecule has 0 spiro atoms. The van der Waals surface area contributed by atoms with Crippen molar-refractivity contribution in [3.63, 3.8) is 0 Å². The number of anilines is 3. The number of carbonyl (C=O) groups excluding carboxylic acids is 1. The third kappa shape index (κ3) is 5.16. The van der Waals surface area contributed by atoms with Gasteiger partial charge in [-0.2, -0.15) is 0 Å². The fourth-order valence-electron chi connectivity index (χ4n) is 4.17. The number of imidazole rings is 1. The van der Waals surface area contributed by atoms with Crippen molar-refractivity contribution in [3.05, 3.63) is 103 Å². The van der Waals surface area contributed by atoms with E-state index in [2.05, 4.69) is 30.7 Å². The van der Waals surface area contributed by atoms with Crippen LogP contribution in [0, 0.1) is 6.92 Å². The van der Waals surface area contributed by atoms with E-state index in [1.165, 1.54) is 12.4 Å². The monoisotopic (exact) mass is 516 g/mol. The molecule has 4 heterocycles. The van der Waals surface area contributed by atoms with E-state index in [1.54, 1.807) is 29.1 Å². The number of benzene rings is 2. The van der Waals surface area contributed by atoms with Crippen LogP contribution < -0.4 is 15.4 Å². The number of rotatable bonds is 7. The number of amides is 1. The lowest BCUT2D eigenvalue weighted by Crippen LogP contribution is -2.08. The van der Waals surface area contributed by atoms with E-state index in [0.717, 1.165) is 33.5 Å². The number of hydrogen-bond acceptors (Lipinski definition) is 7. The van der Waals surface area contributed by atoms with Gasteiger partial charge in [-0.3, -0.25) is 4.79 Å². The number of nitrogens with zero attached hydrogens (tertiary/aromatic N) is 6.